The Morgan fingerprint density at radius 2 is 1.73 bits per heavy atom. The van der Waals surface area contributed by atoms with Crippen molar-refractivity contribution in [2.45, 2.75) is 58.0 Å². The highest BCUT2D eigenvalue weighted by molar-refractivity contribution is 5.97. The third kappa shape index (κ3) is 4.09. The zero-order valence-electron chi connectivity index (χ0n) is 18.1. The number of piperidine rings is 1. The van der Waals surface area contributed by atoms with Crippen LogP contribution in [0, 0.1) is 11.8 Å². The molecule has 1 aromatic carbocycles. The average molecular weight is 412 g/mol. The van der Waals surface area contributed by atoms with Gasteiger partial charge in [-0.05, 0) is 50.2 Å². The van der Waals surface area contributed by atoms with Crippen LogP contribution in [0.15, 0.2) is 30.3 Å². The summed E-state index contributed by atoms with van der Waals surface area (Å²) in [5, 5.41) is 0. The molecule has 3 aliphatic rings. The third-order valence-corrected chi connectivity index (χ3v) is 6.79. The van der Waals surface area contributed by atoms with E-state index in [1.807, 2.05) is 28.0 Å². The molecular formula is C24H33N3O3. The van der Waals surface area contributed by atoms with E-state index in [2.05, 4.69) is 13.8 Å². The van der Waals surface area contributed by atoms with Gasteiger partial charge >= 0.3 is 0 Å². The molecule has 4 rings (SSSR count). The van der Waals surface area contributed by atoms with Crippen molar-refractivity contribution in [1.82, 2.24) is 14.7 Å². The normalized spacial score (nSPS) is 26.8. The SMILES string of the molecule is CC(C)C[C@@H]1[C@H](C(=O)N2CCCCC2)C[C@@H]2CN(C(=O)c3ccccc3)CC(=O)N21. The summed E-state index contributed by atoms with van der Waals surface area (Å²) in [7, 11) is 0. The fourth-order valence-corrected chi connectivity index (χ4v) is 5.44. The molecular weight excluding hydrogens is 378 g/mol. The molecule has 0 radical (unpaired) electrons. The van der Waals surface area contributed by atoms with Crippen molar-refractivity contribution in [3.8, 4) is 0 Å². The molecule has 0 N–H and O–H groups in total. The monoisotopic (exact) mass is 411 g/mol. The zero-order valence-corrected chi connectivity index (χ0v) is 18.1. The number of hydrogen-bond acceptors (Lipinski definition) is 3. The smallest absolute Gasteiger partial charge is 0.254 e. The Morgan fingerprint density at radius 3 is 2.40 bits per heavy atom. The highest BCUT2D eigenvalue weighted by Gasteiger charge is 2.50. The second kappa shape index (κ2) is 8.78. The maximum atomic E-state index is 13.4. The predicted octanol–water partition coefficient (Wildman–Crippen LogP) is 2.79. The molecule has 0 bridgehead atoms. The Hall–Kier alpha value is -2.37. The van der Waals surface area contributed by atoms with Crippen molar-refractivity contribution in [3.05, 3.63) is 35.9 Å². The Morgan fingerprint density at radius 1 is 1.03 bits per heavy atom. The molecule has 6 nitrogen and oxygen atoms in total. The molecule has 3 aliphatic heterocycles. The van der Waals surface area contributed by atoms with Gasteiger partial charge in [0.15, 0.2) is 0 Å². The number of likely N-dealkylation sites (tertiary alicyclic amines) is 1. The van der Waals surface area contributed by atoms with Crippen LogP contribution in [0.25, 0.3) is 0 Å². The largest absolute Gasteiger partial charge is 0.342 e. The predicted molar refractivity (Wildman–Crippen MR) is 115 cm³/mol. The van der Waals surface area contributed by atoms with Crippen LogP contribution in [0.3, 0.4) is 0 Å². The van der Waals surface area contributed by atoms with Crippen molar-refractivity contribution in [2.24, 2.45) is 11.8 Å². The molecule has 0 unspecified atom stereocenters. The second-order valence-electron chi connectivity index (χ2n) is 9.43. The van der Waals surface area contributed by atoms with Gasteiger partial charge in [-0.15, -0.1) is 0 Å². The van der Waals surface area contributed by atoms with Crippen LogP contribution >= 0.6 is 0 Å². The molecule has 162 valence electrons. The van der Waals surface area contributed by atoms with Gasteiger partial charge in [0.2, 0.25) is 11.8 Å². The van der Waals surface area contributed by atoms with E-state index in [4.69, 9.17) is 0 Å². The van der Waals surface area contributed by atoms with E-state index in [0.717, 1.165) is 32.4 Å². The highest BCUT2D eigenvalue weighted by atomic mass is 16.2. The number of carbonyl (C=O) groups is 3. The summed E-state index contributed by atoms with van der Waals surface area (Å²) in [4.78, 5) is 45.1. The molecule has 3 saturated heterocycles. The van der Waals surface area contributed by atoms with E-state index in [9.17, 15) is 14.4 Å². The van der Waals surface area contributed by atoms with Gasteiger partial charge in [0, 0.05) is 31.2 Å². The number of hydrogen-bond donors (Lipinski definition) is 0. The van der Waals surface area contributed by atoms with Crippen LogP contribution in [0.4, 0.5) is 0 Å². The molecule has 30 heavy (non-hydrogen) atoms. The van der Waals surface area contributed by atoms with Gasteiger partial charge in [-0.25, -0.2) is 0 Å². The summed E-state index contributed by atoms with van der Waals surface area (Å²) < 4.78 is 0. The maximum absolute atomic E-state index is 13.4. The van der Waals surface area contributed by atoms with Crippen molar-refractivity contribution in [3.63, 3.8) is 0 Å². The number of carbonyl (C=O) groups excluding carboxylic acids is 3. The van der Waals surface area contributed by atoms with Crippen molar-refractivity contribution in [2.75, 3.05) is 26.2 Å². The van der Waals surface area contributed by atoms with Crippen molar-refractivity contribution < 1.29 is 14.4 Å². The van der Waals surface area contributed by atoms with Gasteiger partial charge in [0.25, 0.3) is 5.91 Å². The molecule has 0 spiro atoms. The molecule has 6 heteroatoms. The van der Waals surface area contributed by atoms with Crippen LogP contribution < -0.4 is 0 Å². The number of amides is 3. The first kappa shape index (κ1) is 20.9. The first-order valence-electron chi connectivity index (χ1n) is 11.4. The fraction of sp³-hybridized carbons (Fsp3) is 0.625. The van der Waals surface area contributed by atoms with Gasteiger partial charge in [-0.3, -0.25) is 14.4 Å². The van der Waals surface area contributed by atoms with Crippen LogP contribution in [0.5, 0.6) is 0 Å². The quantitative estimate of drug-likeness (QED) is 0.765. The minimum absolute atomic E-state index is 0.0184. The lowest BCUT2D eigenvalue weighted by atomic mass is 9.90. The minimum Gasteiger partial charge on any atom is -0.342 e. The lowest BCUT2D eigenvalue weighted by Crippen LogP contribution is -2.58. The van der Waals surface area contributed by atoms with E-state index >= 15 is 0 Å². The molecule has 3 amide bonds. The number of rotatable bonds is 4. The van der Waals surface area contributed by atoms with Gasteiger partial charge in [0.05, 0.1) is 12.0 Å². The molecule has 3 heterocycles. The fourth-order valence-electron chi connectivity index (χ4n) is 5.44. The highest BCUT2D eigenvalue weighted by Crippen LogP contribution is 2.38. The number of nitrogens with zero attached hydrogens (tertiary/aromatic N) is 3. The number of fused-ring (bicyclic) bond motifs is 1. The Balaban J connectivity index is 1.54. The Labute approximate surface area is 179 Å². The summed E-state index contributed by atoms with van der Waals surface area (Å²) >= 11 is 0. The van der Waals surface area contributed by atoms with E-state index in [0.29, 0.717) is 24.4 Å². The molecule has 3 fully saturated rings. The lowest BCUT2D eigenvalue weighted by molar-refractivity contribution is -0.141. The number of piperazine rings is 1. The maximum Gasteiger partial charge on any atom is 0.254 e. The molecule has 0 aromatic heterocycles. The average Bonchev–Trinajstić information content (AvgIpc) is 3.12. The first-order chi connectivity index (χ1) is 14.5. The van der Waals surface area contributed by atoms with E-state index in [1.165, 1.54) is 6.42 Å². The van der Waals surface area contributed by atoms with Crippen LogP contribution in [0.1, 0.15) is 56.3 Å². The topological polar surface area (TPSA) is 60.9 Å². The molecule has 0 aliphatic carbocycles. The van der Waals surface area contributed by atoms with E-state index in [1.54, 1.807) is 17.0 Å². The molecule has 1 aromatic rings. The van der Waals surface area contributed by atoms with Crippen LogP contribution in [0.2, 0.25) is 0 Å². The Kier molecular flexibility index (Phi) is 6.11. The summed E-state index contributed by atoms with van der Waals surface area (Å²) in [6, 6.07) is 9.02. The van der Waals surface area contributed by atoms with Gasteiger partial charge in [-0.1, -0.05) is 32.0 Å². The first-order valence-corrected chi connectivity index (χ1v) is 11.4. The molecule has 0 saturated carbocycles. The van der Waals surface area contributed by atoms with Gasteiger partial charge in [0.1, 0.15) is 6.54 Å². The van der Waals surface area contributed by atoms with Crippen LogP contribution in [-0.4, -0.2) is 70.7 Å². The van der Waals surface area contributed by atoms with Gasteiger partial charge < -0.3 is 14.7 Å². The Bertz CT molecular complexity index is 788. The summed E-state index contributed by atoms with van der Waals surface area (Å²) in [6.07, 6.45) is 4.82. The third-order valence-electron chi connectivity index (χ3n) is 6.79. The summed E-state index contributed by atoms with van der Waals surface area (Å²) in [6.45, 7) is 6.58. The molecule has 3 atom stereocenters. The van der Waals surface area contributed by atoms with Crippen molar-refractivity contribution in [1.29, 1.82) is 0 Å². The standard InChI is InChI=1S/C24H33N3O3/c1-17(2)13-21-20(24(30)25-11-7-4-8-12-25)14-19-15-26(16-22(28)27(19)21)23(29)18-9-5-3-6-10-18/h3,5-6,9-10,17,19-21H,4,7-8,11-16H2,1-2H3/t19-,20-,21-/m1/s1. The minimum atomic E-state index is -0.147. The second-order valence-corrected chi connectivity index (χ2v) is 9.43. The van der Waals surface area contributed by atoms with E-state index in [-0.39, 0.29) is 42.3 Å². The van der Waals surface area contributed by atoms with Crippen molar-refractivity contribution >= 4 is 17.7 Å². The van der Waals surface area contributed by atoms with Crippen LogP contribution in [-0.2, 0) is 9.59 Å². The summed E-state index contributed by atoms with van der Waals surface area (Å²) in [5.41, 5.74) is 0.608. The summed E-state index contributed by atoms with van der Waals surface area (Å²) in [5.74, 6) is 0.349. The van der Waals surface area contributed by atoms with Gasteiger partial charge in [-0.2, -0.15) is 0 Å². The lowest BCUT2D eigenvalue weighted by Gasteiger charge is -2.40. The zero-order chi connectivity index (χ0) is 21.3. The van der Waals surface area contributed by atoms with E-state index < -0.39 is 0 Å². The number of benzene rings is 1.